The Morgan fingerprint density at radius 2 is 2.14 bits per heavy atom. The lowest BCUT2D eigenvalue weighted by atomic mass is 9.82. The third-order valence-electron chi connectivity index (χ3n) is 6.37. The van der Waals surface area contributed by atoms with Crippen molar-refractivity contribution in [2.45, 2.75) is 95.1 Å². The normalized spacial score (nSPS) is 25.4. The second-order valence-electron chi connectivity index (χ2n) is 9.07. The Kier molecular flexibility index (Phi) is 7.67. The number of aliphatic hydroxyl groups is 1. The fourth-order valence-corrected chi connectivity index (χ4v) is 4.41. The summed E-state index contributed by atoms with van der Waals surface area (Å²) in [6.07, 6.45) is 9.87. The molecule has 2 aliphatic rings. The van der Waals surface area contributed by atoms with E-state index in [1.54, 1.807) is 12.5 Å². The van der Waals surface area contributed by atoms with Gasteiger partial charge in [-0.3, -0.25) is 4.79 Å². The fraction of sp³-hybridized carbons (Fsp3) is 0.810. The van der Waals surface area contributed by atoms with Gasteiger partial charge in [0.05, 0.1) is 36.2 Å². The van der Waals surface area contributed by atoms with Crippen LogP contribution in [0.2, 0.25) is 0 Å². The van der Waals surface area contributed by atoms with E-state index in [0.717, 1.165) is 25.0 Å². The molecule has 8 heteroatoms. The van der Waals surface area contributed by atoms with Crippen molar-refractivity contribution in [2.75, 3.05) is 6.79 Å². The smallest absolute Gasteiger partial charge is 0.237 e. The molecule has 1 saturated heterocycles. The predicted molar refractivity (Wildman–Crippen MR) is 109 cm³/mol. The zero-order valence-corrected chi connectivity index (χ0v) is 17.6. The van der Waals surface area contributed by atoms with Crippen LogP contribution in [-0.4, -0.2) is 57.7 Å². The minimum atomic E-state index is -0.716. The van der Waals surface area contributed by atoms with Crippen molar-refractivity contribution in [3.05, 3.63) is 18.2 Å². The van der Waals surface area contributed by atoms with Crippen molar-refractivity contribution in [2.24, 2.45) is 11.7 Å². The number of hydrogen-bond donors (Lipinski definition) is 4. The van der Waals surface area contributed by atoms with Crippen LogP contribution in [0.1, 0.15) is 64.5 Å². The van der Waals surface area contributed by atoms with Crippen LogP contribution in [0.3, 0.4) is 0 Å². The lowest BCUT2D eigenvalue weighted by Gasteiger charge is -2.33. The molecular weight excluding hydrogens is 372 g/mol. The first-order valence-corrected chi connectivity index (χ1v) is 10.8. The number of rotatable bonds is 9. The zero-order chi connectivity index (χ0) is 20.9. The molecule has 1 saturated carbocycles. The molecular formula is C21H36N4O4. The Bertz CT molecular complexity index is 631. The van der Waals surface area contributed by atoms with Crippen LogP contribution in [0.5, 0.6) is 0 Å². The molecule has 0 spiro atoms. The second kappa shape index (κ2) is 10.0. The molecule has 1 aliphatic heterocycles. The van der Waals surface area contributed by atoms with Gasteiger partial charge in [0.25, 0.3) is 0 Å². The van der Waals surface area contributed by atoms with Crippen LogP contribution in [0.25, 0.3) is 0 Å². The van der Waals surface area contributed by atoms with E-state index in [0.29, 0.717) is 18.8 Å². The number of carbonyl (C=O) groups is 1. The van der Waals surface area contributed by atoms with Crippen molar-refractivity contribution in [1.29, 1.82) is 0 Å². The summed E-state index contributed by atoms with van der Waals surface area (Å²) in [4.78, 5) is 19.7. The zero-order valence-electron chi connectivity index (χ0n) is 17.6. The van der Waals surface area contributed by atoms with E-state index in [-0.39, 0.29) is 24.8 Å². The van der Waals surface area contributed by atoms with E-state index in [1.165, 1.54) is 19.3 Å². The van der Waals surface area contributed by atoms with Gasteiger partial charge in [-0.1, -0.05) is 32.1 Å². The lowest BCUT2D eigenvalue weighted by molar-refractivity contribution is -0.124. The van der Waals surface area contributed by atoms with Crippen molar-refractivity contribution in [1.82, 2.24) is 15.3 Å². The predicted octanol–water partition coefficient (Wildman–Crippen LogP) is 1.64. The Morgan fingerprint density at radius 1 is 1.38 bits per heavy atom. The first-order chi connectivity index (χ1) is 13.8. The van der Waals surface area contributed by atoms with Crippen LogP contribution in [0.4, 0.5) is 0 Å². The Balaban J connectivity index is 1.62. The molecule has 5 N–H and O–H groups in total. The van der Waals surface area contributed by atoms with Gasteiger partial charge >= 0.3 is 0 Å². The number of H-pyrrole nitrogens is 1. The molecule has 0 aromatic carbocycles. The maximum Gasteiger partial charge on any atom is 0.237 e. The molecule has 164 valence electrons. The SMILES string of the molecule is CC1(C)OCO[C@H]1C[C@H](O)[C@H](CC1CCCCC1)NC(=O)[C@@H](N)Cc1cnc[nH]1. The summed E-state index contributed by atoms with van der Waals surface area (Å²) in [5.41, 5.74) is 6.48. The first-order valence-electron chi connectivity index (χ1n) is 10.8. The Hall–Kier alpha value is -1.48. The van der Waals surface area contributed by atoms with Gasteiger partial charge in [0.2, 0.25) is 5.91 Å². The molecule has 3 rings (SSSR count). The van der Waals surface area contributed by atoms with Crippen molar-refractivity contribution in [3.63, 3.8) is 0 Å². The number of aliphatic hydroxyl groups excluding tert-OH is 1. The topological polar surface area (TPSA) is 122 Å². The van der Waals surface area contributed by atoms with Gasteiger partial charge in [-0.05, 0) is 26.2 Å². The molecule has 1 aromatic rings. The molecule has 0 radical (unpaired) electrons. The van der Waals surface area contributed by atoms with E-state index in [4.69, 9.17) is 15.2 Å². The number of nitrogens with zero attached hydrogens (tertiary/aromatic N) is 1. The third kappa shape index (κ3) is 6.25. The summed E-state index contributed by atoms with van der Waals surface area (Å²) in [5, 5.41) is 14.0. The summed E-state index contributed by atoms with van der Waals surface area (Å²) in [5.74, 6) is 0.267. The van der Waals surface area contributed by atoms with E-state index in [1.807, 2.05) is 13.8 Å². The monoisotopic (exact) mass is 408 g/mol. The van der Waals surface area contributed by atoms with E-state index < -0.39 is 17.7 Å². The summed E-state index contributed by atoms with van der Waals surface area (Å²) in [7, 11) is 0. The highest BCUT2D eigenvalue weighted by atomic mass is 16.7. The van der Waals surface area contributed by atoms with E-state index in [2.05, 4.69) is 15.3 Å². The van der Waals surface area contributed by atoms with Gasteiger partial charge in [0.1, 0.15) is 6.79 Å². The van der Waals surface area contributed by atoms with Crippen molar-refractivity contribution >= 4 is 5.91 Å². The van der Waals surface area contributed by atoms with Gasteiger partial charge < -0.3 is 30.6 Å². The number of imidazole rings is 1. The molecule has 8 nitrogen and oxygen atoms in total. The average Bonchev–Trinajstić information content (AvgIpc) is 3.31. The number of aromatic amines is 1. The number of nitrogens with two attached hydrogens (primary N) is 1. The van der Waals surface area contributed by atoms with E-state index in [9.17, 15) is 9.90 Å². The Labute approximate surface area is 172 Å². The number of ether oxygens (including phenoxy) is 2. The third-order valence-corrected chi connectivity index (χ3v) is 6.37. The molecule has 1 aromatic heterocycles. The van der Waals surface area contributed by atoms with Crippen LogP contribution < -0.4 is 11.1 Å². The Morgan fingerprint density at radius 3 is 2.76 bits per heavy atom. The van der Waals surface area contributed by atoms with Gasteiger partial charge in [-0.2, -0.15) is 0 Å². The minimum Gasteiger partial charge on any atom is -0.391 e. The first kappa shape index (κ1) is 22.2. The number of hydrogen-bond acceptors (Lipinski definition) is 6. The number of nitrogens with one attached hydrogen (secondary N) is 2. The van der Waals surface area contributed by atoms with Gasteiger partial charge in [0.15, 0.2) is 0 Å². The van der Waals surface area contributed by atoms with Gasteiger partial charge in [-0.25, -0.2) is 4.98 Å². The van der Waals surface area contributed by atoms with Crippen LogP contribution in [-0.2, 0) is 20.7 Å². The quantitative estimate of drug-likeness (QED) is 0.493. The molecule has 2 heterocycles. The maximum atomic E-state index is 12.8. The molecule has 1 aliphatic carbocycles. The minimum absolute atomic E-state index is 0.207. The lowest BCUT2D eigenvalue weighted by Crippen LogP contribution is -2.52. The summed E-state index contributed by atoms with van der Waals surface area (Å²) in [6.45, 7) is 4.16. The maximum absolute atomic E-state index is 12.8. The van der Waals surface area contributed by atoms with Crippen LogP contribution in [0.15, 0.2) is 12.5 Å². The molecule has 1 amide bonds. The number of carbonyl (C=O) groups excluding carboxylic acids is 1. The average molecular weight is 409 g/mol. The van der Waals surface area contributed by atoms with Crippen LogP contribution >= 0.6 is 0 Å². The molecule has 29 heavy (non-hydrogen) atoms. The molecule has 0 bridgehead atoms. The highest BCUT2D eigenvalue weighted by Gasteiger charge is 2.40. The summed E-state index contributed by atoms with van der Waals surface area (Å²) >= 11 is 0. The summed E-state index contributed by atoms with van der Waals surface area (Å²) < 4.78 is 11.3. The van der Waals surface area contributed by atoms with Gasteiger partial charge in [0, 0.05) is 24.7 Å². The molecule has 2 fully saturated rings. The summed E-state index contributed by atoms with van der Waals surface area (Å²) in [6, 6.07) is -1.04. The fourth-order valence-electron chi connectivity index (χ4n) is 4.41. The van der Waals surface area contributed by atoms with Crippen molar-refractivity contribution < 1.29 is 19.4 Å². The highest BCUT2D eigenvalue weighted by Crippen LogP contribution is 2.31. The standard InChI is InChI=1S/C21H36N4O4/c1-21(2)19(28-13-29-21)10-18(26)17(8-14-6-4-3-5-7-14)25-20(27)16(22)9-15-11-23-12-24-15/h11-12,14,16-19,26H,3-10,13,22H2,1-2H3,(H,23,24)(H,25,27)/t16-,17-,18-,19-/m0/s1. The number of aromatic nitrogens is 2. The van der Waals surface area contributed by atoms with Crippen LogP contribution in [0, 0.1) is 5.92 Å². The molecule has 0 unspecified atom stereocenters. The van der Waals surface area contributed by atoms with E-state index >= 15 is 0 Å². The number of amides is 1. The molecule has 4 atom stereocenters. The largest absolute Gasteiger partial charge is 0.391 e. The second-order valence-corrected chi connectivity index (χ2v) is 9.07. The highest BCUT2D eigenvalue weighted by molar-refractivity contribution is 5.82. The van der Waals surface area contributed by atoms with Gasteiger partial charge in [-0.15, -0.1) is 0 Å². The van der Waals surface area contributed by atoms with Crippen molar-refractivity contribution in [3.8, 4) is 0 Å².